The molecule has 1 N–H and O–H groups in total. The van der Waals surface area contributed by atoms with Crippen molar-refractivity contribution in [3.8, 4) is 16.9 Å². The van der Waals surface area contributed by atoms with E-state index in [4.69, 9.17) is 9.47 Å². The zero-order valence-electron chi connectivity index (χ0n) is 16.4. The second-order valence-corrected chi connectivity index (χ2v) is 7.56. The van der Waals surface area contributed by atoms with E-state index in [2.05, 4.69) is 47.4 Å². The highest BCUT2D eigenvalue weighted by Gasteiger charge is 2.18. The minimum absolute atomic E-state index is 0.183. The van der Waals surface area contributed by atoms with Gasteiger partial charge in [0.15, 0.2) is 0 Å². The summed E-state index contributed by atoms with van der Waals surface area (Å²) in [4.78, 5) is 14.8. The van der Waals surface area contributed by atoms with Crippen molar-refractivity contribution in [2.45, 2.75) is 51.0 Å². The Morgan fingerprint density at radius 2 is 1.93 bits per heavy atom. The number of ether oxygens (including phenoxy) is 2. The third kappa shape index (κ3) is 4.22. The molecule has 0 bridgehead atoms. The van der Waals surface area contributed by atoms with Crippen LogP contribution in [0.2, 0.25) is 0 Å². The molecule has 0 atom stereocenters. The third-order valence-corrected chi connectivity index (χ3v) is 5.60. The molecule has 4 heteroatoms. The van der Waals surface area contributed by atoms with E-state index in [0.29, 0.717) is 18.9 Å². The lowest BCUT2D eigenvalue weighted by molar-refractivity contribution is -0.140. The van der Waals surface area contributed by atoms with Gasteiger partial charge in [-0.25, -0.2) is 0 Å². The Labute approximate surface area is 165 Å². The topological polar surface area (TPSA) is 51.3 Å². The van der Waals surface area contributed by atoms with Gasteiger partial charge in [-0.2, -0.15) is 0 Å². The van der Waals surface area contributed by atoms with Crippen molar-refractivity contribution in [2.24, 2.45) is 0 Å². The van der Waals surface area contributed by atoms with Crippen LogP contribution in [0.3, 0.4) is 0 Å². The van der Waals surface area contributed by atoms with Crippen LogP contribution >= 0.6 is 0 Å². The van der Waals surface area contributed by atoms with Gasteiger partial charge in [0.1, 0.15) is 5.75 Å². The first-order valence-electron chi connectivity index (χ1n) is 10.2. The first kappa shape index (κ1) is 18.6. The van der Waals surface area contributed by atoms with Gasteiger partial charge in [-0.1, -0.05) is 18.6 Å². The van der Waals surface area contributed by atoms with E-state index in [1.165, 1.54) is 31.8 Å². The first-order valence-corrected chi connectivity index (χ1v) is 10.2. The molecule has 28 heavy (non-hydrogen) atoms. The maximum atomic E-state index is 11.5. The van der Waals surface area contributed by atoms with Crippen LogP contribution in [0.15, 0.2) is 48.7 Å². The van der Waals surface area contributed by atoms with Gasteiger partial charge in [0.2, 0.25) is 0 Å². The van der Waals surface area contributed by atoms with E-state index < -0.39 is 0 Å². The van der Waals surface area contributed by atoms with Crippen molar-refractivity contribution in [3.05, 3.63) is 54.2 Å². The van der Waals surface area contributed by atoms with Crippen molar-refractivity contribution < 1.29 is 14.3 Å². The van der Waals surface area contributed by atoms with E-state index in [1.807, 2.05) is 6.20 Å². The van der Waals surface area contributed by atoms with Gasteiger partial charge in [-0.15, -0.1) is 0 Å². The molecule has 3 aromatic rings. The molecular formula is C24H27NO3. The number of rotatable bonds is 6. The fourth-order valence-electron chi connectivity index (χ4n) is 3.99. The molecular weight excluding hydrogens is 350 g/mol. The Morgan fingerprint density at radius 1 is 1.07 bits per heavy atom. The average molecular weight is 377 g/mol. The van der Waals surface area contributed by atoms with Crippen LogP contribution in [-0.2, 0) is 16.0 Å². The molecule has 0 radical (unpaired) electrons. The lowest BCUT2D eigenvalue weighted by Crippen LogP contribution is -2.20. The average Bonchev–Trinajstić information content (AvgIpc) is 3.21. The van der Waals surface area contributed by atoms with Crippen LogP contribution < -0.4 is 4.74 Å². The lowest BCUT2D eigenvalue weighted by atomic mass is 9.96. The first-order chi connectivity index (χ1) is 13.7. The molecule has 0 amide bonds. The molecule has 4 rings (SSSR count). The number of fused-ring (bicyclic) bond motifs is 1. The molecule has 2 aromatic carbocycles. The lowest BCUT2D eigenvalue weighted by Gasteiger charge is -2.24. The summed E-state index contributed by atoms with van der Waals surface area (Å²) in [6.07, 6.45) is 9.35. The summed E-state index contributed by atoms with van der Waals surface area (Å²) < 4.78 is 11.2. The van der Waals surface area contributed by atoms with Crippen LogP contribution in [-0.4, -0.2) is 24.2 Å². The molecule has 146 valence electrons. The summed E-state index contributed by atoms with van der Waals surface area (Å²) in [6.45, 7) is 0. The summed E-state index contributed by atoms with van der Waals surface area (Å²) in [5.41, 5.74) is 4.47. The number of H-pyrrole nitrogens is 1. The number of nitrogens with one attached hydrogen (secondary N) is 1. The van der Waals surface area contributed by atoms with E-state index in [1.54, 1.807) is 0 Å². The maximum Gasteiger partial charge on any atom is 0.305 e. The molecule has 0 aliphatic heterocycles. The summed E-state index contributed by atoms with van der Waals surface area (Å²) in [5.74, 6) is 0.751. The summed E-state index contributed by atoms with van der Waals surface area (Å²) in [6, 6.07) is 14.8. The van der Waals surface area contributed by atoms with Gasteiger partial charge in [-0.3, -0.25) is 4.79 Å². The molecule has 1 aromatic heterocycles. The van der Waals surface area contributed by atoms with Crippen LogP contribution in [0.25, 0.3) is 22.0 Å². The number of carbonyl (C=O) groups is 1. The monoisotopic (exact) mass is 377 g/mol. The van der Waals surface area contributed by atoms with Crippen LogP contribution in [0, 0.1) is 0 Å². The Hall–Kier alpha value is -2.75. The Morgan fingerprint density at radius 3 is 2.75 bits per heavy atom. The zero-order chi connectivity index (χ0) is 19.3. The number of benzene rings is 2. The summed E-state index contributed by atoms with van der Waals surface area (Å²) in [5, 5.41) is 1.18. The number of carbonyl (C=O) groups excluding carboxylic acids is 1. The fraction of sp³-hybridized carbons (Fsp3) is 0.375. The molecule has 1 aliphatic rings. The maximum absolute atomic E-state index is 11.5. The van der Waals surface area contributed by atoms with Crippen LogP contribution in [0.5, 0.6) is 5.75 Å². The number of methoxy groups -OCH3 is 1. The highest BCUT2D eigenvalue weighted by Crippen LogP contribution is 2.35. The standard InChI is InChI=1S/C24H27NO3/c1-27-24(26)12-8-17-7-11-23(28-20-5-3-2-4-6-20)21(15-17)18-9-10-22-19(16-18)13-14-25-22/h7,9-11,13-16,20,25H,2-6,8,12H2,1H3. The quantitative estimate of drug-likeness (QED) is 0.565. The Balaban J connectivity index is 1.66. The molecule has 4 nitrogen and oxygen atoms in total. The molecule has 0 spiro atoms. The number of esters is 1. The number of aryl methyl sites for hydroxylation is 1. The van der Waals surface area contributed by atoms with Gasteiger partial charge in [0.05, 0.1) is 13.2 Å². The van der Waals surface area contributed by atoms with Crippen molar-refractivity contribution in [1.29, 1.82) is 0 Å². The van der Waals surface area contributed by atoms with Gasteiger partial charge in [0.25, 0.3) is 0 Å². The molecule has 1 aliphatic carbocycles. The molecule has 1 saturated carbocycles. The second-order valence-electron chi connectivity index (χ2n) is 7.56. The van der Waals surface area contributed by atoms with Crippen molar-refractivity contribution in [3.63, 3.8) is 0 Å². The second kappa shape index (κ2) is 8.51. The van der Waals surface area contributed by atoms with E-state index in [-0.39, 0.29) is 5.97 Å². The fourth-order valence-corrected chi connectivity index (χ4v) is 3.99. The van der Waals surface area contributed by atoms with E-state index in [0.717, 1.165) is 40.8 Å². The number of aromatic amines is 1. The Bertz CT molecular complexity index is 953. The normalized spacial score (nSPS) is 14.9. The minimum Gasteiger partial charge on any atom is -0.490 e. The highest BCUT2D eigenvalue weighted by molar-refractivity contribution is 5.86. The predicted molar refractivity (Wildman–Crippen MR) is 112 cm³/mol. The number of hydrogen-bond donors (Lipinski definition) is 1. The Kier molecular flexibility index (Phi) is 5.65. The van der Waals surface area contributed by atoms with Crippen molar-refractivity contribution in [2.75, 3.05) is 7.11 Å². The smallest absolute Gasteiger partial charge is 0.305 e. The van der Waals surface area contributed by atoms with Crippen LogP contribution in [0.1, 0.15) is 44.1 Å². The zero-order valence-corrected chi connectivity index (χ0v) is 16.4. The van der Waals surface area contributed by atoms with Crippen molar-refractivity contribution in [1.82, 2.24) is 4.98 Å². The van der Waals surface area contributed by atoms with Gasteiger partial charge < -0.3 is 14.5 Å². The summed E-state index contributed by atoms with van der Waals surface area (Å²) >= 11 is 0. The predicted octanol–water partition coefficient (Wildman–Crippen LogP) is 5.65. The molecule has 1 fully saturated rings. The molecule has 0 unspecified atom stereocenters. The third-order valence-electron chi connectivity index (χ3n) is 5.60. The SMILES string of the molecule is COC(=O)CCc1ccc(OC2CCCCC2)c(-c2ccc3[nH]ccc3c2)c1. The molecule has 0 saturated heterocycles. The van der Waals surface area contributed by atoms with Crippen LogP contribution in [0.4, 0.5) is 0 Å². The van der Waals surface area contributed by atoms with Gasteiger partial charge >= 0.3 is 5.97 Å². The highest BCUT2D eigenvalue weighted by atomic mass is 16.5. The minimum atomic E-state index is -0.183. The number of aromatic nitrogens is 1. The molecule has 1 heterocycles. The van der Waals surface area contributed by atoms with E-state index >= 15 is 0 Å². The van der Waals surface area contributed by atoms with Gasteiger partial charge in [-0.05, 0) is 78.9 Å². The van der Waals surface area contributed by atoms with Crippen molar-refractivity contribution >= 4 is 16.9 Å². The van der Waals surface area contributed by atoms with Gasteiger partial charge in [0, 0.05) is 23.7 Å². The largest absolute Gasteiger partial charge is 0.490 e. The summed E-state index contributed by atoms with van der Waals surface area (Å²) in [7, 11) is 1.43. The number of hydrogen-bond acceptors (Lipinski definition) is 3. The van der Waals surface area contributed by atoms with E-state index in [9.17, 15) is 4.79 Å².